The Kier molecular flexibility index (Phi) is 9.93. The normalized spacial score (nSPS) is 39.8. The van der Waals surface area contributed by atoms with Crippen molar-refractivity contribution in [3.63, 3.8) is 0 Å². The minimum absolute atomic E-state index is 0. The second-order valence-corrected chi connectivity index (χ2v) is 14.0. The highest BCUT2D eigenvalue weighted by Gasteiger charge is 2.60. The number of aliphatic hydroxyl groups is 1. The van der Waals surface area contributed by atoms with Crippen molar-refractivity contribution >= 4 is 12.4 Å². The average molecular weight is 508 g/mol. The zero-order valence-corrected chi connectivity index (χ0v) is 25.1. The van der Waals surface area contributed by atoms with E-state index in [1.165, 1.54) is 57.8 Å². The number of hydrogen-bond donors (Lipinski definition) is 1. The van der Waals surface area contributed by atoms with E-state index >= 15 is 0 Å². The smallest absolute Gasteiger partial charge is 0.0578 e. The Morgan fingerprint density at radius 1 is 0.914 bits per heavy atom. The first kappa shape index (κ1) is 29.5. The molecule has 0 aromatic carbocycles. The summed E-state index contributed by atoms with van der Waals surface area (Å²) >= 11 is 0. The highest BCUT2D eigenvalue weighted by Crippen LogP contribution is 2.68. The van der Waals surface area contributed by atoms with Crippen molar-refractivity contribution in [2.24, 2.45) is 46.3 Å². The Morgan fingerprint density at radius 3 is 2.29 bits per heavy atom. The molecule has 0 heterocycles. The van der Waals surface area contributed by atoms with Gasteiger partial charge >= 0.3 is 0 Å². The van der Waals surface area contributed by atoms with Crippen LogP contribution in [-0.2, 0) is 0 Å². The van der Waals surface area contributed by atoms with Gasteiger partial charge in [0.2, 0.25) is 0 Å². The van der Waals surface area contributed by atoms with Gasteiger partial charge in [0.15, 0.2) is 0 Å². The molecule has 0 bridgehead atoms. The van der Waals surface area contributed by atoms with Crippen molar-refractivity contribution in [2.45, 2.75) is 125 Å². The molecule has 1 unspecified atom stereocenters. The highest BCUT2D eigenvalue weighted by atomic mass is 35.5. The van der Waals surface area contributed by atoms with Gasteiger partial charge in [0, 0.05) is 6.54 Å². The maximum Gasteiger partial charge on any atom is 0.0578 e. The van der Waals surface area contributed by atoms with Gasteiger partial charge in [-0.05, 0) is 111 Å². The molecule has 2 nitrogen and oxygen atoms in total. The molecule has 3 fully saturated rings. The van der Waals surface area contributed by atoms with Crippen LogP contribution in [0, 0.1) is 46.3 Å². The van der Waals surface area contributed by atoms with Crippen LogP contribution in [-0.4, -0.2) is 35.7 Å². The predicted molar refractivity (Wildman–Crippen MR) is 153 cm³/mol. The van der Waals surface area contributed by atoms with Crippen LogP contribution < -0.4 is 0 Å². The summed E-state index contributed by atoms with van der Waals surface area (Å²) < 4.78 is 0. The quantitative estimate of drug-likeness (QED) is 0.316. The second-order valence-electron chi connectivity index (χ2n) is 14.0. The average Bonchev–Trinajstić information content (AvgIpc) is 3.15. The molecule has 0 aromatic rings. The first-order chi connectivity index (χ1) is 16.1. The summed E-state index contributed by atoms with van der Waals surface area (Å²) in [7, 11) is 0. The molecule has 3 saturated carbocycles. The van der Waals surface area contributed by atoms with Gasteiger partial charge in [-0.3, -0.25) is 4.90 Å². The van der Waals surface area contributed by atoms with E-state index in [1.54, 1.807) is 11.1 Å². The minimum Gasteiger partial charge on any atom is -0.393 e. The number of halogens is 1. The van der Waals surface area contributed by atoms with Crippen LogP contribution in [0.15, 0.2) is 11.1 Å². The van der Waals surface area contributed by atoms with Gasteiger partial charge in [0.1, 0.15) is 0 Å². The summed E-state index contributed by atoms with van der Waals surface area (Å²) in [6.07, 6.45) is 14.5. The molecule has 4 rings (SSSR count). The van der Waals surface area contributed by atoms with Crippen molar-refractivity contribution in [1.29, 1.82) is 0 Å². The Bertz CT molecular complexity index is 729. The Balaban J connectivity index is 0.00000342. The van der Waals surface area contributed by atoms with Crippen LogP contribution in [0.3, 0.4) is 0 Å². The van der Waals surface area contributed by atoms with Gasteiger partial charge in [0.05, 0.1) is 6.10 Å². The lowest BCUT2D eigenvalue weighted by molar-refractivity contribution is -0.0605. The van der Waals surface area contributed by atoms with E-state index in [9.17, 15) is 5.11 Å². The Hall–Kier alpha value is -0.0500. The van der Waals surface area contributed by atoms with Crippen molar-refractivity contribution in [2.75, 3.05) is 19.6 Å². The fourth-order valence-electron chi connectivity index (χ4n) is 9.82. The van der Waals surface area contributed by atoms with Crippen LogP contribution in [0.4, 0.5) is 0 Å². The number of likely N-dealkylation sites (N-methyl/N-ethyl adjacent to an activating group) is 1. The van der Waals surface area contributed by atoms with Gasteiger partial charge in [-0.15, -0.1) is 12.4 Å². The first-order valence-corrected chi connectivity index (χ1v) is 15.3. The lowest BCUT2D eigenvalue weighted by Crippen LogP contribution is -2.52. The highest BCUT2D eigenvalue weighted by molar-refractivity contribution is 5.85. The SMILES string of the molecule is CCN(CC)CC1=C2C[C@@H](O)CC[C@]2(C)[C@H]2CC[C@]3(C)C([C@H](C)CCCC(C)C)CC[C@H]3[C@@H]2C1.Cl. The van der Waals surface area contributed by atoms with Gasteiger partial charge in [0.25, 0.3) is 0 Å². The molecule has 35 heavy (non-hydrogen) atoms. The molecule has 1 N–H and O–H groups in total. The number of rotatable bonds is 9. The molecule has 0 saturated heterocycles. The van der Waals surface area contributed by atoms with Gasteiger partial charge in [-0.25, -0.2) is 0 Å². The van der Waals surface area contributed by atoms with Crippen molar-refractivity contribution < 1.29 is 5.11 Å². The van der Waals surface area contributed by atoms with Crippen LogP contribution in [0.2, 0.25) is 0 Å². The van der Waals surface area contributed by atoms with Crippen molar-refractivity contribution in [1.82, 2.24) is 4.90 Å². The molecule has 3 heteroatoms. The number of fused-ring (bicyclic) bond motifs is 5. The van der Waals surface area contributed by atoms with E-state index in [4.69, 9.17) is 0 Å². The summed E-state index contributed by atoms with van der Waals surface area (Å²) in [5.74, 6) is 5.31. The van der Waals surface area contributed by atoms with Gasteiger partial charge in [-0.1, -0.05) is 78.9 Å². The molecule has 8 atom stereocenters. The zero-order valence-electron chi connectivity index (χ0n) is 24.2. The molecule has 0 aromatic heterocycles. The standard InChI is InChI=1S/C32H57NO.ClH/c1-8-33(9-2)21-24-19-26-28-14-13-27(23(5)12-10-11-22(3)4)31(28,6)18-16-29(26)32(7)17-15-25(34)20-30(24)32;/h22-23,25-29,34H,8-21H2,1-7H3;1H/t23-,25+,26+,27?,28+,29+,31-,32-;/m1./s1. The van der Waals surface area contributed by atoms with Crippen molar-refractivity contribution in [3.8, 4) is 0 Å². The Labute approximate surface area is 224 Å². The molecule has 0 spiro atoms. The lowest BCUT2D eigenvalue weighted by atomic mass is 9.46. The fourth-order valence-corrected chi connectivity index (χ4v) is 9.82. The van der Waals surface area contributed by atoms with E-state index in [0.29, 0.717) is 10.8 Å². The van der Waals surface area contributed by atoms with E-state index in [1.807, 2.05) is 0 Å². The predicted octanol–water partition coefficient (Wildman–Crippen LogP) is 8.52. The van der Waals surface area contributed by atoms with Gasteiger partial charge in [-0.2, -0.15) is 0 Å². The van der Waals surface area contributed by atoms with Crippen molar-refractivity contribution in [3.05, 3.63) is 11.1 Å². The molecule has 0 radical (unpaired) electrons. The third kappa shape index (κ3) is 5.56. The van der Waals surface area contributed by atoms with E-state index < -0.39 is 0 Å². The number of hydrogen-bond acceptors (Lipinski definition) is 2. The van der Waals surface area contributed by atoms with E-state index in [0.717, 1.165) is 68.0 Å². The lowest BCUT2D eigenvalue weighted by Gasteiger charge is -2.59. The first-order valence-electron chi connectivity index (χ1n) is 15.3. The molecule has 4 aliphatic carbocycles. The maximum atomic E-state index is 10.7. The molecular weight excluding hydrogens is 450 g/mol. The monoisotopic (exact) mass is 507 g/mol. The van der Waals surface area contributed by atoms with Crippen LogP contribution >= 0.6 is 12.4 Å². The summed E-state index contributed by atoms with van der Waals surface area (Å²) in [6, 6.07) is 0. The molecule has 4 aliphatic rings. The topological polar surface area (TPSA) is 23.5 Å². The third-order valence-electron chi connectivity index (χ3n) is 11.8. The van der Waals surface area contributed by atoms with Crippen LogP contribution in [0.25, 0.3) is 0 Å². The zero-order chi connectivity index (χ0) is 24.7. The summed E-state index contributed by atoms with van der Waals surface area (Å²) in [5, 5.41) is 10.7. The maximum absolute atomic E-state index is 10.7. The number of nitrogens with zero attached hydrogens (tertiary/aromatic N) is 1. The molecule has 0 aliphatic heterocycles. The summed E-state index contributed by atoms with van der Waals surface area (Å²) in [6.45, 7) is 20.7. The third-order valence-corrected chi connectivity index (χ3v) is 11.8. The van der Waals surface area contributed by atoms with Crippen LogP contribution in [0.1, 0.15) is 119 Å². The second kappa shape index (κ2) is 11.8. The Morgan fingerprint density at radius 2 is 1.63 bits per heavy atom. The minimum atomic E-state index is -0.109. The summed E-state index contributed by atoms with van der Waals surface area (Å²) in [5.41, 5.74) is 4.33. The number of aliphatic hydroxyl groups excluding tert-OH is 1. The molecule has 0 amide bonds. The van der Waals surface area contributed by atoms with E-state index in [-0.39, 0.29) is 18.5 Å². The van der Waals surface area contributed by atoms with E-state index in [2.05, 4.69) is 53.4 Å². The summed E-state index contributed by atoms with van der Waals surface area (Å²) in [4.78, 5) is 2.63. The molecule has 204 valence electrons. The largest absolute Gasteiger partial charge is 0.393 e. The fraction of sp³-hybridized carbons (Fsp3) is 0.938. The van der Waals surface area contributed by atoms with Gasteiger partial charge < -0.3 is 5.11 Å². The van der Waals surface area contributed by atoms with Crippen LogP contribution in [0.5, 0.6) is 0 Å². The molecular formula is C32H58ClNO.